The second-order valence-corrected chi connectivity index (χ2v) is 5.95. The van der Waals surface area contributed by atoms with Gasteiger partial charge in [0.15, 0.2) is 0 Å². The van der Waals surface area contributed by atoms with Crippen molar-refractivity contribution < 1.29 is 0 Å². The summed E-state index contributed by atoms with van der Waals surface area (Å²) in [7, 11) is 0. The highest BCUT2D eigenvalue weighted by Crippen LogP contribution is 2.34. The first-order valence-electron chi connectivity index (χ1n) is 7.24. The van der Waals surface area contributed by atoms with Crippen molar-refractivity contribution in [3.63, 3.8) is 0 Å². The number of hydrogen-bond acceptors (Lipinski definition) is 2. The molecule has 1 aromatic heterocycles. The highest BCUT2D eigenvalue weighted by atomic mass is 35.5. The van der Waals surface area contributed by atoms with E-state index in [0.717, 1.165) is 36.5 Å². The maximum atomic E-state index is 6.42. The van der Waals surface area contributed by atoms with Crippen molar-refractivity contribution in [3.8, 4) is 11.3 Å². The van der Waals surface area contributed by atoms with Crippen LogP contribution in [-0.4, -0.2) is 22.9 Å². The highest BCUT2D eigenvalue weighted by molar-refractivity contribution is 6.33. The molecule has 0 atom stereocenters. The first-order valence-corrected chi connectivity index (χ1v) is 7.62. The van der Waals surface area contributed by atoms with Gasteiger partial charge < -0.3 is 5.32 Å². The van der Waals surface area contributed by atoms with Crippen LogP contribution in [0.2, 0.25) is 5.02 Å². The van der Waals surface area contributed by atoms with E-state index in [-0.39, 0.29) is 0 Å². The minimum Gasteiger partial charge on any atom is -0.316 e. The van der Waals surface area contributed by atoms with Gasteiger partial charge in [0.05, 0.1) is 11.4 Å². The Morgan fingerprint density at radius 3 is 2.70 bits per heavy atom. The van der Waals surface area contributed by atoms with Crippen LogP contribution >= 0.6 is 11.6 Å². The van der Waals surface area contributed by atoms with Crippen LogP contribution in [0, 0.1) is 0 Å². The molecule has 1 aliphatic heterocycles. The molecule has 0 unspecified atom stereocenters. The molecule has 0 saturated carbocycles. The molecule has 4 heteroatoms. The van der Waals surface area contributed by atoms with Crippen molar-refractivity contribution in [3.05, 3.63) is 40.5 Å². The molecule has 2 aromatic rings. The van der Waals surface area contributed by atoms with Crippen LogP contribution in [0.5, 0.6) is 0 Å². The van der Waals surface area contributed by atoms with Crippen LogP contribution in [0.15, 0.2) is 24.3 Å². The molecule has 0 saturated heterocycles. The minimum absolute atomic E-state index is 0.334. The molecule has 0 fully saturated rings. The van der Waals surface area contributed by atoms with Crippen LogP contribution in [0.4, 0.5) is 0 Å². The number of nitrogens with zero attached hydrogens (tertiary/aromatic N) is 2. The number of nitrogens with one attached hydrogen (secondary N) is 1. The summed E-state index contributed by atoms with van der Waals surface area (Å²) < 4.78 is 2.14. The third-order valence-electron chi connectivity index (χ3n) is 3.80. The van der Waals surface area contributed by atoms with Crippen LogP contribution in [0.1, 0.15) is 31.1 Å². The fraction of sp³-hybridized carbons (Fsp3) is 0.438. The number of benzene rings is 1. The Morgan fingerprint density at radius 1 is 1.20 bits per heavy atom. The predicted molar refractivity (Wildman–Crippen MR) is 83.3 cm³/mol. The molecule has 1 aliphatic rings. The zero-order valence-electron chi connectivity index (χ0n) is 12.0. The molecule has 1 N–H and O–H groups in total. The average Bonchev–Trinajstić information content (AvgIpc) is 2.63. The van der Waals surface area contributed by atoms with Gasteiger partial charge in [-0.05, 0) is 32.9 Å². The molecular formula is C16H20ClN3. The molecule has 0 bridgehead atoms. The van der Waals surface area contributed by atoms with Crippen LogP contribution in [0.25, 0.3) is 11.3 Å². The predicted octanol–water partition coefficient (Wildman–Crippen LogP) is 3.47. The number of halogens is 1. The lowest BCUT2D eigenvalue weighted by molar-refractivity contribution is 0.529. The van der Waals surface area contributed by atoms with Crippen LogP contribution < -0.4 is 5.32 Å². The summed E-state index contributed by atoms with van der Waals surface area (Å²) in [6.07, 6.45) is 2.01. The lowest BCUT2D eigenvalue weighted by atomic mass is 10.0. The maximum Gasteiger partial charge on any atom is 0.0735 e. The van der Waals surface area contributed by atoms with E-state index in [2.05, 4.69) is 29.9 Å². The van der Waals surface area contributed by atoms with Gasteiger partial charge in [-0.25, -0.2) is 0 Å². The number of rotatable bonds is 2. The number of aromatic nitrogens is 2. The minimum atomic E-state index is 0.334. The second kappa shape index (κ2) is 5.58. The molecule has 20 heavy (non-hydrogen) atoms. The van der Waals surface area contributed by atoms with Gasteiger partial charge in [-0.15, -0.1) is 0 Å². The molecule has 0 spiro atoms. The quantitative estimate of drug-likeness (QED) is 0.917. The van der Waals surface area contributed by atoms with Gasteiger partial charge in [0.25, 0.3) is 0 Å². The van der Waals surface area contributed by atoms with Crippen molar-refractivity contribution in [1.29, 1.82) is 0 Å². The summed E-state index contributed by atoms with van der Waals surface area (Å²) in [6, 6.07) is 8.40. The van der Waals surface area contributed by atoms with Gasteiger partial charge in [-0.2, -0.15) is 5.10 Å². The van der Waals surface area contributed by atoms with Crippen molar-refractivity contribution in [2.45, 2.75) is 32.7 Å². The summed E-state index contributed by atoms with van der Waals surface area (Å²) in [6.45, 7) is 6.36. The lowest BCUT2D eigenvalue weighted by Crippen LogP contribution is -2.17. The summed E-state index contributed by atoms with van der Waals surface area (Å²) in [4.78, 5) is 0. The monoisotopic (exact) mass is 289 g/mol. The molecule has 0 amide bonds. The Hall–Kier alpha value is -1.32. The van der Waals surface area contributed by atoms with Gasteiger partial charge in [-0.1, -0.05) is 29.8 Å². The smallest absolute Gasteiger partial charge is 0.0735 e. The van der Waals surface area contributed by atoms with Crippen molar-refractivity contribution in [2.24, 2.45) is 0 Å². The zero-order valence-corrected chi connectivity index (χ0v) is 12.7. The zero-order chi connectivity index (χ0) is 14.1. The normalized spacial score (nSPS) is 15.2. The fourth-order valence-corrected chi connectivity index (χ4v) is 3.06. The van der Waals surface area contributed by atoms with Crippen molar-refractivity contribution in [1.82, 2.24) is 15.1 Å². The van der Waals surface area contributed by atoms with Crippen molar-refractivity contribution >= 4 is 11.6 Å². The van der Waals surface area contributed by atoms with Gasteiger partial charge in [0.2, 0.25) is 0 Å². The Balaban J connectivity index is 2.22. The maximum absolute atomic E-state index is 6.42. The molecule has 0 aliphatic carbocycles. The van der Waals surface area contributed by atoms with E-state index in [0.29, 0.717) is 6.04 Å². The van der Waals surface area contributed by atoms with E-state index in [4.69, 9.17) is 16.7 Å². The molecule has 2 heterocycles. The van der Waals surface area contributed by atoms with E-state index in [1.807, 2.05) is 18.2 Å². The molecule has 1 aromatic carbocycles. The summed E-state index contributed by atoms with van der Waals surface area (Å²) >= 11 is 6.42. The largest absolute Gasteiger partial charge is 0.316 e. The van der Waals surface area contributed by atoms with Gasteiger partial charge in [-0.3, -0.25) is 4.68 Å². The summed E-state index contributed by atoms with van der Waals surface area (Å²) in [5.74, 6) is 0. The third kappa shape index (κ3) is 2.36. The Kier molecular flexibility index (Phi) is 3.81. The van der Waals surface area contributed by atoms with Crippen LogP contribution in [0.3, 0.4) is 0 Å². The highest BCUT2D eigenvalue weighted by Gasteiger charge is 2.22. The molecule has 106 valence electrons. The van der Waals surface area contributed by atoms with E-state index in [1.165, 1.54) is 17.0 Å². The molecule has 3 nitrogen and oxygen atoms in total. The van der Waals surface area contributed by atoms with E-state index in [9.17, 15) is 0 Å². The third-order valence-corrected chi connectivity index (χ3v) is 4.13. The molecule has 3 rings (SSSR count). The van der Waals surface area contributed by atoms with E-state index < -0.39 is 0 Å². The van der Waals surface area contributed by atoms with Crippen molar-refractivity contribution in [2.75, 3.05) is 13.1 Å². The first kappa shape index (κ1) is 13.7. The Bertz CT molecular complexity index is 616. The molecular weight excluding hydrogens is 270 g/mol. The lowest BCUT2D eigenvalue weighted by Gasteiger charge is -2.14. The number of fused-ring (bicyclic) bond motifs is 1. The number of hydrogen-bond donors (Lipinski definition) is 1. The Labute approximate surface area is 124 Å². The van der Waals surface area contributed by atoms with E-state index >= 15 is 0 Å². The summed E-state index contributed by atoms with van der Waals surface area (Å²) in [5, 5.41) is 9.09. The average molecular weight is 290 g/mol. The first-order chi connectivity index (χ1) is 9.68. The fourth-order valence-electron chi connectivity index (χ4n) is 2.84. The van der Waals surface area contributed by atoms with Gasteiger partial charge >= 0.3 is 0 Å². The van der Waals surface area contributed by atoms with Gasteiger partial charge in [0, 0.05) is 35.2 Å². The molecule has 0 radical (unpaired) electrons. The standard InChI is InChI=1S/C16H20ClN3/c1-11(2)20-16(12-5-3-4-6-14(12)17)13-7-9-18-10-8-15(13)19-20/h3-6,11,18H,7-10H2,1-2H3. The SMILES string of the molecule is CC(C)n1nc2c(c1-c1ccccc1Cl)CCNCC2. The Morgan fingerprint density at radius 2 is 1.95 bits per heavy atom. The van der Waals surface area contributed by atoms with E-state index in [1.54, 1.807) is 0 Å². The summed E-state index contributed by atoms with van der Waals surface area (Å²) in [5.41, 5.74) is 4.87. The topological polar surface area (TPSA) is 29.9 Å². The van der Waals surface area contributed by atoms with Crippen LogP contribution in [-0.2, 0) is 12.8 Å². The second-order valence-electron chi connectivity index (χ2n) is 5.54. The van der Waals surface area contributed by atoms with Gasteiger partial charge in [0.1, 0.15) is 0 Å².